The third-order valence-corrected chi connectivity index (χ3v) is 8.90. The monoisotopic (exact) mass is 670 g/mol. The number of rotatable bonds is 4. The first-order chi connectivity index (χ1) is 21.5. The predicted molar refractivity (Wildman–Crippen MR) is 176 cm³/mol. The average Bonchev–Trinajstić information content (AvgIpc) is 2.96. The van der Waals surface area contributed by atoms with Gasteiger partial charge in [0.1, 0.15) is 28.0 Å². The van der Waals surface area contributed by atoms with Crippen molar-refractivity contribution in [1.82, 2.24) is 20.2 Å². The zero-order valence-electron chi connectivity index (χ0n) is 27.5. The van der Waals surface area contributed by atoms with Crippen molar-refractivity contribution in [1.29, 1.82) is 10.5 Å². The summed E-state index contributed by atoms with van der Waals surface area (Å²) < 4.78 is 5.40. The van der Waals surface area contributed by atoms with Gasteiger partial charge in [0.25, 0.3) is 0 Å². The molecular formula is C34H44Cl2N6O4. The zero-order valence-corrected chi connectivity index (χ0v) is 29.1. The molecule has 0 aliphatic heterocycles. The second-order valence-electron chi connectivity index (χ2n) is 13.9. The molecule has 2 fully saturated rings. The number of hydrogen-bond acceptors (Lipinski definition) is 7. The van der Waals surface area contributed by atoms with Crippen molar-refractivity contribution >= 4 is 35.4 Å². The lowest BCUT2D eigenvalue weighted by atomic mass is 9.75. The van der Waals surface area contributed by atoms with Crippen molar-refractivity contribution in [3.8, 4) is 12.1 Å². The van der Waals surface area contributed by atoms with Crippen molar-refractivity contribution in [2.75, 3.05) is 0 Å². The fraction of sp³-hybridized carbons (Fsp3) is 0.588. The molecule has 10 nitrogen and oxygen atoms in total. The maximum absolute atomic E-state index is 12.3. The molecular weight excluding hydrogens is 627 g/mol. The fourth-order valence-electron chi connectivity index (χ4n) is 6.50. The van der Waals surface area contributed by atoms with E-state index in [2.05, 4.69) is 15.3 Å². The Morgan fingerprint density at radius 1 is 0.826 bits per heavy atom. The molecule has 2 aromatic rings. The summed E-state index contributed by atoms with van der Waals surface area (Å²) in [5.74, 6) is 0. The second-order valence-corrected chi connectivity index (χ2v) is 14.7. The summed E-state index contributed by atoms with van der Waals surface area (Å²) in [6.45, 7) is 11.2. The highest BCUT2D eigenvalue weighted by Gasteiger charge is 2.48. The molecule has 248 valence electrons. The van der Waals surface area contributed by atoms with E-state index < -0.39 is 34.4 Å². The van der Waals surface area contributed by atoms with Gasteiger partial charge in [0.15, 0.2) is 0 Å². The number of nitrogens with one attached hydrogen (secondary N) is 1. The Hall–Kier alpha value is -3.60. The SMILES string of the molecule is CC(C)(C)N(C(=O)O)C1(c2ccc(C#N)c(Cl)n2)CCCCC1.CC(C)(C)OC(=O)NC1(c2ccc(C#N)c(Cl)n2)CCCCC1. The maximum Gasteiger partial charge on any atom is 0.408 e. The minimum Gasteiger partial charge on any atom is -0.465 e. The highest BCUT2D eigenvalue weighted by atomic mass is 35.5. The van der Waals surface area contributed by atoms with Crippen LogP contribution in [0.5, 0.6) is 0 Å². The lowest BCUT2D eigenvalue weighted by Gasteiger charge is -2.50. The van der Waals surface area contributed by atoms with E-state index in [1.54, 1.807) is 24.3 Å². The first-order valence-electron chi connectivity index (χ1n) is 15.7. The van der Waals surface area contributed by atoms with Crippen LogP contribution < -0.4 is 5.32 Å². The highest BCUT2D eigenvalue weighted by Crippen LogP contribution is 2.45. The Morgan fingerprint density at radius 3 is 1.70 bits per heavy atom. The van der Waals surface area contributed by atoms with E-state index in [4.69, 9.17) is 38.5 Å². The fourth-order valence-corrected chi connectivity index (χ4v) is 6.90. The Morgan fingerprint density at radius 2 is 1.28 bits per heavy atom. The summed E-state index contributed by atoms with van der Waals surface area (Å²) in [5, 5.41) is 31.2. The molecule has 4 rings (SSSR count). The number of carboxylic acid groups (broad SMARTS) is 1. The van der Waals surface area contributed by atoms with Crippen LogP contribution in [0.2, 0.25) is 10.3 Å². The highest BCUT2D eigenvalue weighted by molar-refractivity contribution is 6.30. The van der Waals surface area contributed by atoms with Gasteiger partial charge in [-0.15, -0.1) is 0 Å². The summed E-state index contributed by atoms with van der Waals surface area (Å²) in [6.07, 6.45) is 7.66. The summed E-state index contributed by atoms with van der Waals surface area (Å²) in [4.78, 5) is 34.6. The number of halogens is 2. The number of aromatic nitrogens is 2. The van der Waals surface area contributed by atoms with Crippen LogP contribution in [0, 0.1) is 22.7 Å². The number of ether oxygens (including phenoxy) is 1. The van der Waals surface area contributed by atoms with Gasteiger partial charge in [-0.2, -0.15) is 10.5 Å². The third kappa shape index (κ3) is 8.80. The molecule has 2 N–H and O–H groups in total. The molecule has 0 bridgehead atoms. The number of nitrogens with zero attached hydrogens (tertiary/aromatic N) is 5. The second kappa shape index (κ2) is 14.9. The van der Waals surface area contributed by atoms with E-state index in [1.165, 1.54) is 4.90 Å². The molecule has 0 atom stereocenters. The van der Waals surface area contributed by atoms with E-state index in [0.29, 0.717) is 35.4 Å². The lowest BCUT2D eigenvalue weighted by molar-refractivity contribution is -0.0110. The van der Waals surface area contributed by atoms with Crippen LogP contribution in [0.1, 0.15) is 128 Å². The number of pyridine rings is 2. The molecule has 2 amide bonds. The van der Waals surface area contributed by atoms with E-state index in [9.17, 15) is 14.7 Å². The van der Waals surface area contributed by atoms with Crippen LogP contribution in [0.25, 0.3) is 0 Å². The van der Waals surface area contributed by atoms with Gasteiger partial charge < -0.3 is 15.2 Å². The normalized spacial score (nSPS) is 17.3. The molecule has 0 saturated heterocycles. The van der Waals surface area contributed by atoms with Gasteiger partial charge >= 0.3 is 12.2 Å². The minimum atomic E-state index is -0.957. The molecule has 0 spiro atoms. The van der Waals surface area contributed by atoms with Gasteiger partial charge in [0, 0.05) is 5.54 Å². The smallest absolute Gasteiger partial charge is 0.408 e. The summed E-state index contributed by atoms with van der Waals surface area (Å²) in [7, 11) is 0. The average molecular weight is 672 g/mol. The molecule has 0 aromatic carbocycles. The van der Waals surface area contributed by atoms with Crippen LogP contribution in [0.15, 0.2) is 24.3 Å². The van der Waals surface area contributed by atoms with E-state index in [1.807, 2.05) is 53.7 Å². The van der Waals surface area contributed by atoms with Crippen molar-refractivity contribution in [2.24, 2.45) is 0 Å². The molecule has 0 radical (unpaired) electrons. The van der Waals surface area contributed by atoms with Gasteiger partial charge in [-0.25, -0.2) is 19.6 Å². The standard InChI is InChI=1S/2C17H22ClN3O2/c1-16(2,3)23-15(22)21-17(9-5-4-6-10-17)13-8-7-12(11-19)14(18)20-13;1-16(2,3)21(15(22)23)17(9-5-4-6-10-17)13-8-7-12(11-19)14(18)20-13/h7-8H,4-6,9-10H2,1-3H3,(H,21,22);7-8H,4-6,9-10H2,1-3H3,(H,22,23). The van der Waals surface area contributed by atoms with Gasteiger partial charge in [0.2, 0.25) is 0 Å². The number of carbonyl (C=O) groups excluding carboxylic acids is 1. The number of carbonyl (C=O) groups is 2. The van der Waals surface area contributed by atoms with Crippen molar-refractivity contribution in [2.45, 2.75) is 128 Å². The first kappa shape index (κ1) is 36.9. The van der Waals surface area contributed by atoms with Crippen molar-refractivity contribution < 1.29 is 19.4 Å². The first-order valence-corrected chi connectivity index (χ1v) is 16.4. The Labute approximate surface area is 282 Å². The van der Waals surface area contributed by atoms with Gasteiger partial charge in [-0.3, -0.25) is 4.90 Å². The van der Waals surface area contributed by atoms with Crippen LogP contribution in [-0.2, 0) is 15.8 Å². The van der Waals surface area contributed by atoms with Gasteiger partial charge in [0.05, 0.1) is 33.6 Å². The van der Waals surface area contributed by atoms with Crippen LogP contribution in [0.3, 0.4) is 0 Å². The van der Waals surface area contributed by atoms with Crippen molar-refractivity contribution in [3.05, 3.63) is 57.1 Å². The zero-order chi connectivity index (χ0) is 34.3. The molecule has 2 heterocycles. The number of alkyl carbamates (subject to hydrolysis) is 1. The minimum absolute atomic E-state index is 0.134. The molecule has 2 saturated carbocycles. The van der Waals surface area contributed by atoms with E-state index >= 15 is 0 Å². The lowest BCUT2D eigenvalue weighted by Crippen LogP contribution is -2.58. The maximum atomic E-state index is 12.3. The van der Waals surface area contributed by atoms with E-state index in [0.717, 1.165) is 51.4 Å². The molecule has 2 aromatic heterocycles. The summed E-state index contributed by atoms with van der Waals surface area (Å²) >= 11 is 12.2. The predicted octanol–water partition coefficient (Wildman–Crippen LogP) is 8.84. The molecule has 46 heavy (non-hydrogen) atoms. The van der Waals surface area contributed by atoms with Crippen LogP contribution in [-0.4, -0.2) is 43.3 Å². The molecule has 2 aliphatic carbocycles. The Balaban J connectivity index is 0.000000250. The summed E-state index contributed by atoms with van der Waals surface area (Å²) in [6, 6.07) is 10.8. The Bertz CT molecular complexity index is 1490. The van der Waals surface area contributed by atoms with Crippen LogP contribution >= 0.6 is 23.2 Å². The topological polar surface area (TPSA) is 152 Å². The quantitative estimate of drug-likeness (QED) is 0.306. The molecule has 2 aliphatic rings. The molecule has 12 heteroatoms. The van der Waals surface area contributed by atoms with Crippen LogP contribution in [0.4, 0.5) is 9.59 Å². The number of nitriles is 2. The van der Waals surface area contributed by atoms with Crippen molar-refractivity contribution in [3.63, 3.8) is 0 Å². The molecule has 0 unspecified atom stereocenters. The number of amides is 2. The Kier molecular flexibility index (Phi) is 11.9. The number of hydrogen-bond donors (Lipinski definition) is 2. The van der Waals surface area contributed by atoms with Gasteiger partial charge in [-0.1, -0.05) is 61.7 Å². The van der Waals surface area contributed by atoms with E-state index in [-0.39, 0.29) is 10.3 Å². The summed E-state index contributed by atoms with van der Waals surface area (Å²) in [5.41, 5.74) is -0.442. The largest absolute Gasteiger partial charge is 0.465 e. The third-order valence-electron chi connectivity index (χ3n) is 8.32. The van der Waals surface area contributed by atoms with Gasteiger partial charge in [-0.05, 0) is 91.5 Å².